The molecule has 0 bridgehead atoms. The molecule has 134 valence electrons. The summed E-state index contributed by atoms with van der Waals surface area (Å²) < 4.78 is 8.04. The van der Waals surface area contributed by atoms with Gasteiger partial charge < -0.3 is 19.3 Å². The van der Waals surface area contributed by atoms with Crippen LogP contribution in [0.3, 0.4) is 0 Å². The van der Waals surface area contributed by atoms with E-state index >= 15 is 0 Å². The SMILES string of the molecule is O[C@@H]1C[C@H]2CN(CCn3cnnc3)C[C@H]2C[C@H]1Oc1cccc(Cl)c1. The highest BCUT2D eigenvalue weighted by Gasteiger charge is 2.42. The number of fused-ring (bicyclic) bond motifs is 1. The van der Waals surface area contributed by atoms with E-state index in [2.05, 4.69) is 15.1 Å². The van der Waals surface area contributed by atoms with E-state index in [9.17, 15) is 5.11 Å². The lowest BCUT2D eigenvalue weighted by atomic mass is 9.78. The maximum Gasteiger partial charge on any atom is 0.125 e. The van der Waals surface area contributed by atoms with Gasteiger partial charge in [0.05, 0.1) is 6.10 Å². The first-order valence-electron chi connectivity index (χ1n) is 8.82. The van der Waals surface area contributed by atoms with E-state index in [0.29, 0.717) is 16.9 Å². The van der Waals surface area contributed by atoms with Crippen LogP contribution in [0.2, 0.25) is 5.02 Å². The number of ether oxygens (including phenoxy) is 1. The smallest absolute Gasteiger partial charge is 0.125 e. The molecule has 1 aromatic heterocycles. The molecule has 1 aromatic carbocycles. The van der Waals surface area contributed by atoms with Gasteiger partial charge in [0.2, 0.25) is 0 Å². The van der Waals surface area contributed by atoms with Crippen molar-refractivity contribution in [3.8, 4) is 5.75 Å². The van der Waals surface area contributed by atoms with Crippen molar-refractivity contribution >= 4 is 11.6 Å². The van der Waals surface area contributed by atoms with E-state index in [1.165, 1.54) is 0 Å². The number of aromatic nitrogens is 3. The Labute approximate surface area is 152 Å². The number of nitrogens with zero attached hydrogens (tertiary/aromatic N) is 4. The van der Waals surface area contributed by atoms with Crippen LogP contribution in [0, 0.1) is 11.8 Å². The van der Waals surface area contributed by atoms with E-state index < -0.39 is 6.10 Å². The summed E-state index contributed by atoms with van der Waals surface area (Å²) in [6.07, 6.45) is 4.62. The summed E-state index contributed by atoms with van der Waals surface area (Å²) in [4.78, 5) is 2.48. The predicted molar refractivity (Wildman–Crippen MR) is 94.6 cm³/mol. The lowest BCUT2D eigenvalue weighted by molar-refractivity contribution is -0.0231. The van der Waals surface area contributed by atoms with Crippen molar-refractivity contribution in [2.24, 2.45) is 11.8 Å². The highest BCUT2D eigenvalue weighted by molar-refractivity contribution is 6.30. The van der Waals surface area contributed by atoms with Gasteiger partial charge in [-0.25, -0.2) is 0 Å². The largest absolute Gasteiger partial charge is 0.488 e. The first kappa shape index (κ1) is 16.8. The number of hydrogen-bond donors (Lipinski definition) is 1. The molecule has 1 N–H and O–H groups in total. The number of rotatable bonds is 5. The Hall–Kier alpha value is -1.63. The molecule has 0 unspecified atom stereocenters. The summed E-state index contributed by atoms with van der Waals surface area (Å²) in [5, 5.41) is 18.9. The highest BCUT2D eigenvalue weighted by Crippen LogP contribution is 2.38. The molecular weight excluding hydrogens is 340 g/mol. The summed E-state index contributed by atoms with van der Waals surface area (Å²) in [5.74, 6) is 1.86. The van der Waals surface area contributed by atoms with E-state index in [1.54, 1.807) is 18.7 Å². The van der Waals surface area contributed by atoms with Gasteiger partial charge in [-0.3, -0.25) is 0 Å². The van der Waals surface area contributed by atoms with Gasteiger partial charge in [-0.1, -0.05) is 17.7 Å². The molecule has 1 aliphatic heterocycles. The van der Waals surface area contributed by atoms with Crippen molar-refractivity contribution in [3.63, 3.8) is 0 Å². The number of likely N-dealkylation sites (tertiary alicyclic amines) is 1. The zero-order valence-corrected chi connectivity index (χ0v) is 14.8. The molecular formula is C18H23ClN4O2. The zero-order chi connectivity index (χ0) is 17.2. The molecule has 6 nitrogen and oxygen atoms in total. The molecule has 1 saturated carbocycles. The number of aliphatic hydroxyl groups excluding tert-OH is 1. The molecule has 1 aliphatic carbocycles. The molecule has 1 saturated heterocycles. The lowest BCUT2D eigenvalue weighted by Crippen LogP contribution is -2.42. The van der Waals surface area contributed by atoms with E-state index in [1.807, 2.05) is 22.8 Å². The second kappa shape index (κ2) is 7.32. The number of halogens is 1. The normalized spacial score (nSPS) is 29.5. The van der Waals surface area contributed by atoms with Crippen LogP contribution in [0.4, 0.5) is 0 Å². The average Bonchev–Trinajstić information content (AvgIpc) is 3.22. The molecule has 2 heterocycles. The molecule has 4 rings (SSSR count). The summed E-state index contributed by atoms with van der Waals surface area (Å²) in [6, 6.07) is 7.40. The Kier molecular flexibility index (Phi) is 4.92. The van der Waals surface area contributed by atoms with Crippen molar-refractivity contribution in [3.05, 3.63) is 41.9 Å². The highest BCUT2D eigenvalue weighted by atomic mass is 35.5. The summed E-state index contributed by atoms with van der Waals surface area (Å²) in [7, 11) is 0. The Balaban J connectivity index is 1.33. The fourth-order valence-corrected chi connectivity index (χ4v) is 4.29. The second-order valence-corrected chi connectivity index (χ2v) is 7.57. The van der Waals surface area contributed by atoms with Gasteiger partial charge >= 0.3 is 0 Å². The quantitative estimate of drug-likeness (QED) is 0.882. The van der Waals surface area contributed by atoms with Crippen LogP contribution in [0.1, 0.15) is 12.8 Å². The third-order valence-corrected chi connectivity index (χ3v) is 5.62. The first-order chi connectivity index (χ1) is 12.2. The van der Waals surface area contributed by atoms with Crippen LogP contribution in [-0.4, -0.2) is 56.6 Å². The molecule has 2 aliphatic rings. The summed E-state index contributed by atoms with van der Waals surface area (Å²) in [6.45, 7) is 4.00. The van der Waals surface area contributed by atoms with E-state index in [-0.39, 0.29) is 6.10 Å². The van der Waals surface area contributed by atoms with Crippen LogP contribution in [-0.2, 0) is 6.54 Å². The lowest BCUT2D eigenvalue weighted by Gasteiger charge is -2.35. The zero-order valence-electron chi connectivity index (χ0n) is 14.0. The fourth-order valence-electron chi connectivity index (χ4n) is 4.11. The van der Waals surface area contributed by atoms with Crippen LogP contribution in [0.5, 0.6) is 5.75 Å². The van der Waals surface area contributed by atoms with Crippen LogP contribution in [0.25, 0.3) is 0 Å². The number of aliphatic hydroxyl groups is 1. The van der Waals surface area contributed by atoms with Crippen LogP contribution in [0.15, 0.2) is 36.9 Å². The third kappa shape index (κ3) is 3.97. The van der Waals surface area contributed by atoms with Gasteiger partial charge in [0.1, 0.15) is 24.5 Å². The monoisotopic (exact) mass is 362 g/mol. The molecule has 2 aromatic rings. The van der Waals surface area contributed by atoms with Crippen molar-refractivity contribution in [1.29, 1.82) is 0 Å². The first-order valence-corrected chi connectivity index (χ1v) is 9.20. The average molecular weight is 363 g/mol. The Morgan fingerprint density at radius 3 is 2.64 bits per heavy atom. The minimum Gasteiger partial charge on any atom is -0.488 e. The van der Waals surface area contributed by atoms with Gasteiger partial charge in [0, 0.05) is 31.2 Å². The van der Waals surface area contributed by atoms with Crippen molar-refractivity contribution in [2.45, 2.75) is 31.6 Å². The van der Waals surface area contributed by atoms with E-state index in [0.717, 1.165) is 44.8 Å². The van der Waals surface area contributed by atoms with Gasteiger partial charge in [-0.15, -0.1) is 10.2 Å². The third-order valence-electron chi connectivity index (χ3n) is 5.39. The van der Waals surface area contributed by atoms with Crippen molar-refractivity contribution < 1.29 is 9.84 Å². The predicted octanol–water partition coefficient (Wildman–Crippen LogP) is 2.08. The van der Waals surface area contributed by atoms with Crippen LogP contribution >= 0.6 is 11.6 Å². The van der Waals surface area contributed by atoms with Crippen molar-refractivity contribution in [2.75, 3.05) is 19.6 Å². The number of benzene rings is 1. The number of hydrogen-bond acceptors (Lipinski definition) is 5. The standard InChI is InChI=1S/C18H23ClN4O2/c19-15-2-1-3-16(8-15)25-18-7-14-10-22(9-13(14)6-17(18)24)4-5-23-11-20-21-12-23/h1-3,8,11-14,17-18,24H,4-7,9-10H2/t13-,14+,17+,18+/m0/s1. The fraction of sp³-hybridized carbons (Fsp3) is 0.556. The Bertz CT molecular complexity index is 696. The minimum absolute atomic E-state index is 0.155. The Morgan fingerprint density at radius 1 is 1.12 bits per heavy atom. The molecule has 25 heavy (non-hydrogen) atoms. The molecule has 4 atom stereocenters. The summed E-state index contributed by atoms with van der Waals surface area (Å²) >= 11 is 6.02. The molecule has 0 radical (unpaired) electrons. The van der Waals surface area contributed by atoms with Gasteiger partial charge in [-0.2, -0.15) is 0 Å². The van der Waals surface area contributed by atoms with Gasteiger partial charge in [0.15, 0.2) is 0 Å². The maximum absolute atomic E-state index is 10.5. The van der Waals surface area contributed by atoms with Crippen LogP contribution < -0.4 is 4.74 Å². The minimum atomic E-state index is -0.418. The van der Waals surface area contributed by atoms with E-state index in [4.69, 9.17) is 16.3 Å². The maximum atomic E-state index is 10.5. The molecule has 7 heteroatoms. The Morgan fingerprint density at radius 2 is 1.88 bits per heavy atom. The summed E-state index contributed by atoms with van der Waals surface area (Å²) in [5.41, 5.74) is 0. The van der Waals surface area contributed by atoms with Gasteiger partial charge in [0.25, 0.3) is 0 Å². The topological polar surface area (TPSA) is 63.4 Å². The van der Waals surface area contributed by atoms with Gasteiger partial charge in [-0.05, 0) is 42.9 Å². The second-order valence-electron chi connectivity index (χ2n) is 7.13. The molecule has 2 fully saturated rings. The molecule has 0 amide bonds. The van der Waals surface area contributed by atoms with Crippen molar-refractivity contribution in [1.82, 2.24) is 19.7 Å². The molecule has 0 spiro atoms.